The molecule has 0 heterocycles. The van der Waals surface area contributed by atoms with E-state index in [4.69, 9.17) is 4.74 Å². The molecule has 0 radical (unpaired) electrons. The Morgan fingerprint density at radius 2 is 1.78 bits per heavy atom. The molecule has 0 aromatic rings. The van der Waals surface area contributed by atoms with Crippen molar-refractivity contribution in [3.8, 4) is 0 Å². The average Bonchev–Trinajstić information content (AvgIpc) is 2.53. The fraction of sp³-hybridized carbons (Fsp3) is 0.905. The van der Waals surface area contributed by atoms with Crippen molar-refractivity contribution in [3.63, 3.8) is 0 Å². The largest absolute Gasteiger partial charge is 0.444 e. The molecule has 0 saturated heterocycles. The minimum absolute atomic E-state index is 0.00865. The molecule has 0 aromatic carbocycles. The fourth-order valence-corrected chi connectivity index (χ4v) is 3.46. The summed E-state index contributed by atoms with van der Waals surface area (Å²) >= 11 is 0. The molecule has 6 nitrogen and oxygen atoms in total. The third kappa shape index (κ3) is 11.2. The van der Waals surface area contributed by atoms with Crippen molar-refractivity contribution in [2.75, 3.05) is 6.54 Å². The molecule has 0 spiro atoms. The SMILES string of the molecule is CC(C)CCNC(=O)C[C@H](O)[C@H](CC1CCCCC1)NC(=O)OC(C)(C)C. The van der Waals surface area contributed by atoms with Crippen LogP contribution in [0.25, 0.3) is 0 Å². The maximum atomic E-state index is 12.2. The first-order valence-corrected chi connectivity index (χ1v) is 10.5. The summed E-state index contributed by atoms with van der Waals surface area (Å²) in [5.41, 5.74) is -0.599. The van der Waals surface area contributed by atoms with Gasteiger partial charge in [-0.1, -0.05) is 46.0 Å². The van der Waals surface area contributed by atoms with Crippen molar-refractivity contribution in [1.82, 2.24) is 10.6 Å². The summed E-state index contributed by atoms with van der Waals surface area (Å²) < 4.78 is 5.34. The zero-order chi connectivity index (χ0) is 20.4. The smallest absolute Gasteiger partial charge is 0.407 e. The third-order valence-corrected chi connectivity index (χ3v) is 4.92. The van der Waals surface area contributed by atoms with Crippen LogP contribution in [-0.2, 0) is 9.53 Å². The number of aliphatic hydroxyl groups excluding tert-OH is 1. The van der Waals surface area contributed by atoms with Gasteiger partial charge in [0.15, 0.2) is 0 Å². The van der Waals surface area contributed by atoms with E-state index in [-0.39, 0.29) is 12.3 Å². The van der Waals surface area contributed by atoms with Gasteiger partial charge in [-0.15, -0.1) is 0 Å². The second-order valence-electron chi connectivity index (χ2n) is 9.30. The number of rotatable bonds is 9. The summed E-state index contributed by atoms with van der Waals surface area (Å²) in [5.74, 6) is 0.809. The third-order valence-electron chi connectivity index (χ3n) is 4.92. The van der Waals surface area contributed by atoms with E-state index in [0.717, 1.165) is 19.3 Å². The van der Waals surface area contributed by atoms with Crippen molar-refractivity contribution in [2.45, 2.75) is 104 Å². The molecule has 1 rings (SSSR count). The molecule has 0 bridgehead atoms. The van der Waals surface area contributed by atoms with E-state index in [1.54, 1.807) is 20.8 Å². The molecule has 158 valence electrons. The number of alkyl carbamates (subject to hydrolysis) is 1. The van der Waals surface area contributed by atoms with E-state index in [0.29, 0.717) is 24.8 Å². The van der Waals surface area contributed by atoms with Crippen LogP contribution in [0, 0.1) is 11.8 Å². The highest BCUT2D eigenvalue weighted by Crippen LogP contribution is 2.28. The van der Waals surface area contributed by atoms with Gasteiger partial charge in [0.1, 0.15) is 5.60 Å². The molecule has 1 fully saturated rings. The highest BCUT2D eigenvalue weighted by atomic mass is 16.6. The normalized spacial score (nSPS) is 18.0. The molecular formula is C21H40N2O4. The van der Waals surface area contributed by atoms with Crippen molar-refractivity contribution < 1.29 is 19.4 Å². The lowest BCUT2D eigenvalue weighted by molar-refractivity contribution is -0.123. The lowest BCUT2D eigenvalue weighted by atomic mass is 9.83. The highest BCUT2D eigenvalue weighted by molar-refractivity contribution is 5.76. The molecule has 1 aliphatic carbocycles. The lowest BCUT2D eigenvalue weighted by Crippen LogP contribution is -2.48. The van der Waals surface area contributed by atoms with Crippen LogP contribution < -0.4 is 10.6 Å². The summed E-state index contributed by atoms with van der Waals surface area (Å²) in [4.78, 5) is 24.3. The summed E-state index contributed by atoms with van der Waals surface area (Å²) in [6, 6.07) is -0.473. The van der Waals surface area contributed by atoms with E-state index in [1.807, 2.05) is 0 Å². The van der Waals surface area contributed by atoms with Crippen LogP contribution in [0.15, 0.2) is 0 Å². The molecule has 2 amide bonds. The Bertz CT molecular complexity index is 454. The minimum atomic E-state index is -0.918. The standard InChI is InChI=1S/C21H40N2O4/c1-15(2)11-12-22-19(25)14-18(24)17(13-16-9-7-6-8-10-16)23-20(26)27-21(3,4)5/h15-18,24H,6-14H2,1-5H3,(H,22,25)(H,23,26)/t17-,18-/m0/s1. The highest BCUT2D eigenvalue weighted by Gasteiger charge is 2.29. The van der Waals surface area contributed by atoms with Gasteiger partial charge in [-0.2, -0.15) is 0 Å². The van der Waals surface area contributed by atoms with Gasteiger partial charge in [-0.3, -0.25) is 4.79 Å². The zero-order valence-electron chi connectivity index (χ0n) is 17.8. The number of hydrogen-bond acceptors (Lipinski definition) is 4. The van der Waals surface area contributed by atoms with Gasteiger partial charge >= 0.3 is 6.09 Å². The summed E-state index contributed by atoms with van der Waals surface area (Å²) in [5, 5.41) is 16.3. The number of nitrogens with one attached hydrogen (secondary N) is 2. The number of carbonyl (C=O) groups is 2. The Morgan fingerprint density at radius 3 is 2.33 bits per heavy atom. The van der Waals surface area contributed by atoms with Gasteiger partial charge in [0.25, 0.3) is 0 Å². The molecule has 27 heavy (non-hydrogen) atoms. The van der Waals surface area contributed by atoms with Crippen LogP contribution in [0.3, 0.4) is 0 Å². The van der Waals surface area contributed by atoms with Crippen LogP contribution in [0.4, 0.5) is 4.79 Å². The second kappa shape index (κ2) is 11.5. The number of amides is 2. The zero-order valence-corrected chi connectivity index (χ0v) is 17.8. The Labute approximate surface area is 164 Å². The first-order valence-electron chi connectivity index (χ1n) is 10.5. The van der Waals surface area contributed by atoms with Gasteiger partial charge in [-0.05, 0) is 45.4 Å². The molecule has 0 aliphatic heterocycles. The first-order chi connectivity index (χ1) is 12.6. The quantitative estimate of drug-likeness (QED) is 0.565. The fourth-order valence-electron chi connectivity index (χ4n) is 3.46. The Morgan fingerprint density at radius 1 is 1.15 bits per heavy atom. The number of hydrogen-bond donors (Lipinski definition) is 3. The summed E-state index contributed by atoms with van der Waals surface area (Å²) in [6.07, 6.45) is 5.97. The Kier molecular flexibility index (Phi) is 10.1. The van der Waals surface area contributed by atoms with Crippen LogP contribution in [0.5, 0.6) is 0 Å². The molecule has 0 aromatic heterocycles. The summed E-state index contributed by atoms with van der Waals surface area (Å²) in [7, 11) is 0. The maximum Gasteiger partial charge on any atom is 0.407 e. The van der Waals surface area contributed by atoms with Gasteiger partial charge in [0, 0.05) is 6.54 Å². The van der Waals surface area contributed by atoms with Gasteiger partial charge in [0.05, 0.1) is 18.6 Å². The average molecular weight is 385 g/mol. The Hall–Kier alpha value is -1.30. The van der Waals surface area contributed by atoms with Crippen LogP contribution in [0.1, 0.15) is 86.0 Å². The predicted molar refractivity (Wildman–Crippen MR) is 107 cm³/mol. The van der Waals surface area contributed by atoms with Crippen LogP contribution >= 0.6 is 0 Å². The van der Waals surface area contributed by atoms with E-state index in [1.165, 1.54) is 19.3 Å². The van der Waals surface area contributed by atoms with E-state index >= 15 is 0 Å². The molecule has 1 saturated carbocycles. The van der Waals surface area contributed by atoms with Crippen molar-refractivity contribution in [3.05, 3.63) is 0 Å². The van der Waals surface area contributed by atoms with Gasteiger partial charge in [-0.25, -0.2) is 4.79 Å². The molecule has 3 N–H and O–H groups in total. The van der Waals surface area contributed by atoms with E-state index < -0.39 is 23.8 Å². The summed E-state index contributed by atoms with van der Waals surface area (Å²) in [6.45, 7) is 10.2. The van der Waals surface area contributed by atoms with Crippen molar-refractivity contribution >= 4 is 12.0 Å². The van der Waals surface area contributed by atoms with Gasteiger partial charge in [0.2, 0.25) is 5.91 Å². The van der Waals surface area contributed by atoms with Gasteiger partial charge < -0.3 is 20.5 Å². The van der Waals surface area contributed by atoms with Crippen molar-refractivity contribution in [2.24, 2.45) is 11.8 Å². The van der Waals surface area contributed by atoms with Crippen molar-refractivity contribution in [1.29, 1.82) is 0 Å². The molecule has 1 aliphatic rings. The van der Waals surface area contributed by atoms with Crippen LogP contribution in [-0.4, -0.2) is 41.4 Å². The van der Waals surface area contributed by atoms with E-state index in [2.05, 4.69) is 24.5 Å². The number of aliphatic hydroxyl groups is 1. The predicted octanol–water partition coefficient (Wildman–Crippen LogP) is 3.76. The first kappa shape index (κ1) is 23.7. The molecule has 2 atom stereocenters. The maximum absolute atomic E-state index is 12.2. The lowest BCUT2D eigenvalue weighted by Gasteiger charge is -2.31. The monoisotopic (exact) mass is 384 g/mol. The topological polar surface area (TPSA) is 87.7 Å². The van der Waals surface area contributed by atoms with Crippen LogP contribution in [0.2, 0.25) is 0 Å². The number of ether oxygens (including phenoxy) is 1. The minimum Gasteiger partial charge on any atom is -0.444 e. The number of carbonyl (C=O) groups excluding carboxylic acids is 2. The molecular weight excluding hydrogens is 344 g/mol. The Balaban J connectivity index is 2.61. The second-order valence-corrected chi connectivity index (χ2v) is 9.30. The molecule has 6 heteroatoms. The van der Waals surface area contributed by atoms with E-state index in [9.17, 15) is 14.7 Å². The molecule has 0 unspecified atom stereocenters.